The third-order valence-electron chi connectivity index (χ3n) is 5.33. The molecule has 8 heteroatoms. The van der Waals surface area contributed by atoms with Crippen LogP contribution in [-0.2, 0) is 25.7 Å². The highest BCUT2D eigenvalue weighted by Gasteiger charge is 2.35. The number of amides is 2. The van der Waals surface area contributed by atoms with Crippen molar-refractivity contribution < 1.29 is 29.0 Å². The second kappa shape index (κ2) is 12.4. The van der Waals surface area contributed by atoms with E-state index in [1.807, 2.05) is 30.3 Å². The van der Waals surface area contributed by atoms with Crippen molar-refractivity contribution in [2.24, 2.45) is 5.92 Å². The molecule has 1 aliphatic carbocycles. The lowest BCUT2D eigenvalue weighted by Crippen LogP contribution is -2.56. The average molecular weight is 449 g/mol. The molecule has 1 atom stereocenters. The van der Waals surface area contributed by atoms with E-state index in [0.717, 1.165) is 36.3 Å². The molecule has 2 N–H and O–H groups in total. The number of carbonyl (C=O) groups is 3. The molecule has 0 heterocycles. The largest absolute Gasteiger partial charge is 0.458 e. The molecule has 1 fully saturated rings. The number of aliphatic hydroxyl groups excluding tert-OH is 1. The minimum atomic E-state index is -1.15. The van der Waals surface area contributed by atoms with Crippen molar-refractivity contribution in [3.63, 3.8) is 0 Å². The summed E-state index contributed by atoms with van der Waals surface area (Å²) in [5.74, 6) is -0.620. The minimum absolute atomic E-state index is 0.0217. The summed E-state index contributed by atoms with van der Waals surface area (Å²) in [6.07, 6.45) is 4.47. The first kappa shape index (κ1) is 25.6. The second-order valence-electron chi connectivity index (χ2n) is 9.19. The smallest absolute Gasteiger partial charge is 0.426 e. The maximum atomic E-state index is 13.1. The van der Waals surface area contributed by atoms with Crippen molar-refractivity contribution in [3.05, 3.63) is 35.9 Å². The molecule has 0 radical (unpaired) electrons. The summed E-state index contributed by atoms with van der Waals surface area (Å²) in [5.41, 5.74) is 2.44. The van der Waals surface area contributed by atoms with Crippen LogP contribution in [0.25, 0.3) is 0 Å². The van der Waals surface area contributed by atoms with Crippen molar-refractivity contribution in [1.82, 2.24) is 10.4 Å². The summed E-state index contributed by atoms with van der Waals surface area (Å²) < 4.78 is 10.7. The van der Waals surface area contributed by atoms with E-state index in [-0.39, 0.29) is 26.1 Å². The van der Waals surface area contributed by atoms with Crippen molar-refractivity contribution in [1.29, 1.82) is 0 Å². The lowest BCUT2D eigenvalue weighted by Gasteiger charge is -2.32. The van der Waals surface area contributed by atoms with E-state index < -0.39 is 29.6 Å². The summed E-state index contributed by atoms with van der Waals surface area (Å²) in [5, 5.41) is 10.5. The van der Waals surface area contributed by atoms with E-state index in [4.69, 9.17) is 9.47 Å². The molecule has 0 unspecified atom stereocenters. The third kappa shape index (κ3) is 8.86. The molecule has 1 aromatic carbocycles. The van der Waals surface area contributed by atoms with E-state index in [1.54, 1.807) is 20.8 Å². The molecule has 2 rings (SSSR count). The van der Waals surface area contributed by atoms with Crippen LogP contribution in [-0.4, -0.2) is 46.3 Å². The fourth-order valence-electron chi connectivity index (χ4n) is 3.76. The van der Waals surface area contributed by atoms with Gasteiger partial charge in [-0.1, -0.05) is 56.0 Å². The zero-order valence-electron chi connectivity index (χ0n) is 19.3. The lowest BCUT2D eigenvalue weighted by molar-refractivity contribution is -0.167. The Bertz CT molecular complexity index is 741. The van der Waals surface area contributed by atoms with Gasteiger partial charge in [0.1, 0.15) is 12.2 Å². The molecule has 0 aromatic heterocycles. The quantitative estimate of drug-likeness (QED) is 0.441. The topological polar surface area (TPSA) is 105 Å². The fourth-order valence-corrected chi connectivity index (χ4v) is 3.76. The van der Waals surface area contributed by atoms with Crippen LogP contribution >= 0.6 is 0 Å². The van der Waals surface area contributed by atoms with E-state index in [1.165, 1.54) is 0 Å². The zero-order valence-corrected chi connectivity index (χ0v) is 19.3. The van der Waals surface area contributed by atoms with Crippen LogP contribution in [0.3, 0.4) is 0 Å². The summed E-state index contributed by atoms with van der Waals surface area (Å²) in [7, 11) is 0. The number of esters is 1. The Morgan fingerprint density at radius 1 is 1.16 bits per heavy atom. The Labute approximate surface area is 190 Å². The van der Waals surface area contributed by atoms with Gasteiger partial charge in [0.15, 0.2) is 6.04 Å². The predicted molar refractivity (Wildman–Crippen MR) is 119 cm³/mol. The Morgan fingerprint density at radius 2 is 1.81 bits per heavy atom. The van der Waals surface area contributed by atoms with Crippen molar-refractivity contribution >= 4 is 18.0 Å². The van der Waals surface area contributed by atoms with Crippen LogP contribution in [0.1, 0.15) is 71.3 Å². The van der Waals surface area contributed by atoms with Gasteiger partial charge in [0.05, 0.1) is 0 Å². The number of aliphatic hydroxyl groups is 1. The predicted octanol–water partition coefficient (Wildman–Crippen LogP) is 3.72. The standard InChI is InChI=1S/C24H36N2O6/c1-24(2,3)32-22(29)20(15-16-27)26(21(28)14-13-18-9-7-8-10-18)25-23(30)31-17-19-11-5-4-6-12-19/h4-6,11-12,18,20,27H,7-10,13-17H2,1-3H3,(H,25,30)/t20-/m0/s1. The number of benzene rings is 1. The van der Waals surface area contributed by atoms with Crippen LogP contribution in [0, 0.1) is 5.92 Å². The maximum absolute atomic E-state index is 13.1. The average Bonchev–Trinajstić information content (AvgIpc) is 3.26. The number of nitrogens with one attached hydrogen (secondary N) is 1. The lowest BCUT2D eigenvalue weighted by atomic mass is 10.0. The maximum Gasteiger partial charge on any atom is 0.426 e. The van der Waals surface area contributed by atoms with Gasteiger partial charge in [0.2, 0.25) is 5.91 Å². The van der Waals surface area contributed by atoms with Crippen LogP contribution < -0.4 is 5.43 Å². The van der Waals surface area contributed by atoms with Gasteiger partial charge in [-0.2, -0.15) is 0 Å². The van der Waals surface area contributed by atoms with Crippen LogP contribution in [0.2, 0.25) is 0 Å². The number of nitrogens with zero attached hydrogens (tertiary/aromatic N) is 1. The van der Waals surface area contributed by atoms with E-state index in [0.29, 0.717) is 12.3 Å². The van der Waals surface area contributed by atoms with E-state index >= 15 is 0 Å². The zero-order chi connectivity index (χ0) is 23.6. The van der Waals surface area contributed by atoms with Gasteiger partial charge in [-0.3, -0.25) is 4.79 Å². The van der Waals surface area contributed by atoms with Gasteiger partial charge in [-0.05, 0) is 38.7 Å². The monoisotopic (exact) mass is 448 g/mol. The molecule has 0 bridgehead atoms. The SMILES string of the molecule is CC(C)(C)OC(=O)[C@H](CCO)N(NC(=O)OCc1ccccc1)C(=O)CCC1CCCC1. The van der Waals surface area contributed by atoms with E-state index in [9.17, 15) is 19.5 Å². The number of hydrogen-bond donors (Lipinski definition) is 2. The molecular weight excluding hydrogens is 412 g/mol. The van der Waals surface area contributed by atoms with Gasteiger partial charge in [-0.15, -0.1) is 0 Å². The summed E-state index contributed by atoms with van der Waals surface area (Å²) in [4.78, 5) is 38.3. The molecule has 1 aromatic rings. The van der Waals surface area contributed by atoms with Gasteiger partial charge < -0.3 is 14.6 Å². The molecule has 2 amide bonds. The van der Waals surface area contributed by atoms with Gasteiger partial charge >= 0.3 is 12.1 Å². The van der Waals surface area contributed by atoms with Crippen molar-refractivity contribution in [3.8, 4) is 0 Å². The minimum Gasteiger partial charge on any atom is -0.458 e. The molecule has 1 saturated carbocycles. The van der Waals surface area contributed by atoms with Crippen LogP contribution in [0.4, 0.5) is 4.79 Å². The Kier molecular flexibility index (Phi) is 9.97. The highest BCUT2D eigenvalue weighted by atomic mass is 16.6. The number of rotatable bonds is 9. The summed E-state index contributed by atoms with van der Waals surface area (Å²) in [6, 6.07) is 7.98. The number of ether oxygens (including phenoxy) is 2. The number of hydrogen-bond acceptors (Lipinski definition) is 6. The van der Waals surface area contributed by atoms with Crippen LogP contribution in [0.15, 0.2) is 30.3 Å². The van der Waals surface area contributed by atoms with Crippen molar-refractivity contribution in [2.75, 3.05) is 6.61 Å². The molecule has 0 aliphatic heterocycles. The molecule has 0 saturated heterocycles. The van der Waals surface area contributed by atoms with Crippen LogP contribution in [0.5, 0.6) is 0 Å². The first-order valence-corrected chi connectivity index (χ1v) is 11.3. The first-order chi connectivity index (χ1) is 15.2. The summed E-state index contributed by atoms with van der Waals surface area (Å²) in [6.45, 7) is 4.82. The van der Waals surface area contributed by atoms with Gasteiger partial charge in [0.25, 0.3) is 0 Å². The van der Waals surface area contributed by atoms with E-state index in [2.05, 4.69) is 5.43 Å². The molecule has 0 spiro atoms. The molecule has 1 aliphatic rings. The molecular formula is C24H36N2O6. The number of hydrazine groups is 1. The fraction of sp³-hybridized carbons (Fsp3) is 0.625. The normalized spacial score (nSPS) is 15.1. The second-order valence-corrected chi connectivity index (χ2v) is 9.19. The van der Waals surface area contributed by atoms with Crippen molar-refractivity contribution in [2.45, 2.75) is 84.0 Å². The Hall–Kier alpha value is -2.61. The molecule has 8 nitrogen and oxygen atoms in total. The number of carbonyl (C=O) groups excluding carboxylic acids is 3. The highest BCUT2D eigenvalue weighted by Crippen LogP contribution is 2.29. The Morgan fingerprint density at radius 3 is 2.41 bits per heavy atom. The third-order valence-corrected chi connectivity index (χ3v) is 5.33. The molecule has 32 heavy (non-hydrogen) atoms. The first-order valence-electron chi connectivity index (χ1n) is 11.3. The molecule has 178 valence electrons. The summed E-state index contributed by atoms with van der Waals surface area (Å²) >= 11 is 0. The van der Waals surface area contributed by atoms with Gasteiger partial charge in [-0.25, -0.2) is 20.0 Å². The highest BCUT2D eigenvalue weighted by molar-refractivity contribution is 5.86. The van der Waals surface area contributed by atoms with Gasteiger partial charge in [0, 0.05) is 19.4 Å². The Balaban J connectivity index is 2.10.